The highest BCUT2D eigenvalue weighted by molar-refractivity contribution is 7.19. The predicted octanol–water partition coefficient (Wildman–Crippen LogP) is 11.8. The number of hydrogen-bond acceptors (Lipinski definition) is 0. The van der Waals surface area contributed by atoms with E-state index in [0.29, 0.717) is 0 Å². The van der Waals surface area contributed by atoms with Crippen molar-refractivity contribution in [2.45, 2.75) is 32.0 Å². The van der Waals surface area contributed by atoms with Gasteiger partial charge in [-0.05, 0) is 98.5 Å². The lowest BCUT2D eigenvalue weighted by Gasteiger charge is -2.34. The topological polar surface area (TPSA) is 9.86 Å². The van der Waals surface area contributed by atoms with Crippen LogP contribution in [0.5, 0.6) is 0 Å². The fraction of sp³-hybridized carbons (Fsp3) is 0.0847. The van der Waals surface area contributed by atoms with Gasteiger partial charge in [-0.2, -0.15) is 0 Å². The van der Waals surface area contributed by atoms with Crippen LogP contribution in [0.2, 0.25) is 19.1 Å². The Balaban J connectivity index is 1.12. The number of fused-ring (bicyclic) bond motifs is 7. The molecule has 0 fully saturated rings. The van der Waals surface area contributed by atoms with Gasteiger partial charge in [-0.1, -0.05) is 195 Å². The van der Waals surface area contributed by atoms with Crippen LogP contribution < -0.4 is 25.9 Å². The Kier molecular flexibility index (Phi) is 8.89. The Hall–Kier alpha value is -6.99. The van der Waals surface area contributed by atoms with Crippen LogP contribution in [0.15, 0.2) is 218 Å². The SMILES string of the molecule is C[Si]1(C)CCCc2ccc(-c3ccc4c(c3)c3cc(-n5c6ccccc6c6ccccc65)ccc3n4-c3cccc([Si](c4ccccc4)(c4ccccc4)c4ccccc4)c3)cc21. The first-order chi connectivity index (χ1) is 31.0. The van der Waals surface area contributed by atoms with Crippen molar-refractivity contribution in [3.8, 4) is 22.5 Å². The predicted molar refractivity (Wildman–Crippen MR) is 274 cm³/mol. The lowest BCUT2D eigenvalue weighted by Crippen LogP contribution is -2.74. The summed E-state index contributed by atoms with van der Waals surface area (Å²) in [6.45, 7) is 5.11. The van der Waals surface area contributed by atoms with Gasteiger partial charge in [0.25, 0.3) is 0 Å². The lowest BCUT2D eigenvalue weighted by atomic mass is 10.00. The number of rotatable bonds is 7. The minimum atomic E-state index is -2.77. The minimum Gasteiger partial charge on any atom is -0.309 e. The van der Waals surface area contributed by atoms with Crippen molar-refractivity contribution >= 4 is 85.7 Å². The van der Waals surface area contributed by atoms with Gasteiger partial charge in [-0.15, -0.1) is 0 Å². The molecule has 0 unspecified atom stereocenters. The molecule has 2 nitrogen and oxygen atoms in total. The average Bonchev–Trinajstić information content (AvgIpc) is 3.85. The quantitative estimate of drug-likeness (QED) is 0.112. The summed E-state index contributed by atoms with van der Waals surface area (Å²) < 4.78 is 4.98. The Labute approximate surface area is 371 Å². The van der Waals surface area contributed by atoms with Gasteiger partial charge in [0.1, 0.15) is 0 Å². The number of hydrogen-bond donors (Lipinski definition) is 0. The molecule has 0 spiro atoms. The van der Waals surface area contributed by atoms with Crippen LogP contribution in [0.25, 0.3) is 66.1 Å². The van der Waals surface area contributed by atoms with Crippen molar-refractivity contribution in [3.05, 3.63) is 224 Å². The van der Waals surface area contributed by atoms with Gasteiger partial charge in [0, 0.05) is 32.9 Å². The zero-order chi connectivity index (χ0) is 42.1. The number of para-hydroxylation sites is 2. The first-order valence-corrected chi connectivity index (χ1v) is 27.7. The van der Waals surface area contributed by atoms with Gasteiger partial charge in [0.15, 0.2) is 8.07 Å². The summed E-state index contributed by atoms with van der Waals surface area (Å²) in [5.74, 6) is 0. The van der Waals surface area contributed by atoms with Gasteiger partial charge < -0.3 is 9.13 Å². The van der Waals surface area contributed by atoms with Crippen LogP contribution >= 0.6 is 0 Å². The molecule has 4 heteroatoms. The molecular formula is C59H48N2Si2. The normalized spacial score (nSPS) is 13.8. The Morgan fingerprint density at radius 1 is 0.381 bits per heavy atom. The van der Waals surface area contributed by atoms with Crippen molar-refractivity contribution in [2.75, 3.05) is 0 Å². The van der Waals surface area contributed by atoms with E-state index in [1.165, 1.54) is 106 Å². The third-order valence-electron chi connectivity index (χ3n) is 14.2. The maximum atomic E-state index is 2.56. The first kappa shape index (κ1) is 37.7. The van der Waals surface area contributed by atoms with Crippen LogP contribution in [0.3, 0.4) is 0 Å². The number of nitrogens with zero attached hydrogens (tertiary/aromatic N) is 2. The summed E-state index contributed by atoms with van der Waals surface area (Å²) in [4.78, 5) is 0. The third-order valence-corrected chi connectivity index (χ3v) is 22.5. The van der Waals surface area contributed by atoms with Crippen molar-refractivity contribution < 1.29 is 0 Å². The minimum absolute atomic E-state index is 1.17. The van der Waals surface area contributed by atoms with Crippen LogP contribution in [-0.2, 0) is 6.42 Å². The summed E-state index contributed by atoms with van der Waals surface area (Å²) in [5.41, 5.74) is 11.4. The third kappa shape index (κ3) is 5.96. The van der Waals surface area contributed by atoms with Gasteiger partial charge >= 0.3 is 0 Å². The van der Waals surface area contributed by atoms with Gasteiger partial charge in [-0.3, -0.25) is 0 Å². The zero-order valence-electron chi connectivity index (χ0n) is 35.8. The Bertz CT molecular complexity index is 3360. The van der Waals surface area contributed by atoms with Crippen molar-refractivity contribution in [2.24, 2.45) is 0 Å². The highest BCUT2D eigenvalue weighted by Gasteiger charge is 2.41. The molecule has 9 aromatic carbocycles. The van der Waals surface area contributed by atoms with E-state index in [1.54, 1.807) is 10.8 Å². The lowest BCUT2D eigenvalue weighted by molar-refractivity contribution is 0.889. The average molecular weight is 841 g/mol. The van der Waals surface area contributed by atoms with Crippen molar-refractivity contribution in [1.82, 2.24) is 9.13 Å². The summed E-state index contributed by atoms with van der Waals surface area (Å²) in [6.07, 6.45) is 2.52. The standard InChI is InChI=1S/C59H48N2Si2/c1-62(2)37-17-18-42-31-32-44(39-59(42)62)43-33-35-57-53(38-43)54-41-46(61-55-29-14-12-27-51(55)52-28-13-15-30-56(52)61)34-36-58(54)60(57)45-19-16-26-50(40-45)63(47-20-6-3-7-21-47,48-22-8-4-9-23-48)49-24-10-5-11-25-49/h3-16,19-36,38-41H,17-18,37H2,1-2H3. The van der Waals surface area contributed by atoms with Crippen LogP contribution in [0, 0.1) is 0 Å². The van der Waals surface area contributed by atoms with E-state index in [1.807, 2.05) is 0 Å². The molecule has 1 aliphatic heterocycles. The molecule has 0 saturated heterocycles. The molecule has 2 aromatic heterocycles. The molecule has 1 aliphatic rings. The molecular weight excluding hydrogens is 793 g/mol. The van der Waals surface area contributed by atoms with Crippen LogP contribution in [0.4, 0.5) is 0 Å². The number of aryl methyl sites for hydroxylation is 1. The van der Waals surface area contributed by atoms with Crippen molar-refractivity contribution in [1.29, 1.82) is 0 Å². The molecule has 0 aliphatic carbocycles. The second kappa shape index (κ2) is 14.8. The molecule has 0 bridgehead atoms. The van der Waals surface area contributed by atoms with E-state index in [2.05, 4.69) is 241 Å². The highest BCUT2D eigenvalue weighted by atomic mass is 28.3. The summed E-state index contributed by atoms with van der Waals surface area (Å²) in [7, 11) is -4.26. The molecule has 302 valence electrons. The molecule has 12 rings (SSSR count). The largest absolute Gasteiger partial charge is 0.309 e. The number of aromatic nitrogens is 2. The van der Waals surface area contributed by atoms with E-state index in [-0.39, 0.29) is 0 Å². The van der Waals surface area contributed by atoms with Crippen LogP contribution in [0.1, 0.15) is 12.0 Å². The van der Waals surface area contributed by atoms with Crippen molar-refractivity contribution in [3.63, 3.8) is 0 Å². The smallest absolute Gasteiger partial charge is 0.179 e. The highest BCUT2D eigenvalue weighted by Crippen LogP contribution is 2.39. The summed E-state index contributed by atoms with van der Waals surface area (Å²) in [5, 5.41) is 12.2. The molecule has 11 aromatic rings. The monoisotopic (exact) mass is 840 g/mol. The molecule has 0 N–H and O–H groups in total. The Morgan fingerprint density at radius 2 is 0.857 bits per heavy atom. The molecule has 63 heavy (non-hydrogen) atoms. The van der Waals surface area contributed by atoms with Gasteiger partial charge in [-0.25, -0.2) is 0 Å². The van der Waals surface area contributed by atoms with E-state index in [9.17, 15) is 0 Å². The van der Waals surface area contributed by atoms with Gasteiger partial charge in [0.2, 0.25) is 0 Å². The van der Waals surface area contributed by atoms with E-state index in [0.717, 1.165) is 0 Å². The van der Waals surface area contributed by atoms with Gasteiger partial charge in [0.05, 0.1) is 30.1 Å². The van der Waals surface area contributed by atoms with E-state index >= 15 is 0 Å². The molecule has 0 radical (unpaired) electrons. The maximum Gasteiger partial charge on any atom is 0.179 e. The first-order valence-electron chi connectivity index (χ1n) is 22.5. The fourth-order valence-corrected chi connectivity index (χ4v) is 19.0. The van der Waals surface area contributed by atoms with Crippen LogP contribution in [-0.4, -0.2) is 25.3 Å². The maximum absolute atomic E-state index is 2.77. The second-order valence-electron chi connectivity index (χ2n) is 18.1. The fourth-order valence-electron chi connectivity index (χ4n) is 11.2. The second-order valence-corrected chi connectivity index (χ2v) is 26.8. The molecule has 0 atom stereocenters. The summed E-state index contributed by atoms with van der Waals surface area (Å²) in [6, 6.07) is 84.0. The molecule has 0 saturated carbocycles. The molecule has 0 amide bonds. The zero-order valence-corrected chi connectivity index (χ0v) is 37.8. The Morgan fingerprint density at radius 3 is 1.48 bits per heavy atom. The van der Waals surface area contributed by atoms with E-state index < -0.39 is 16.1 Å². The number of benzene rings is 9. The van der Waals surface area contributed by atoms with E-state index in [4.69, 9.17) is 0 Å². The molecule has 3 heterocycles. The summed E-state index contributed by atoms with van der Waals surface area (Å²) >= 11 is 0.